The van der Waals surface area contributed by atoms with Gasteiger partial charge in [-0.1, -0.05) is 67.1 Å². The normalized spacial score (nSPS) is 15.9. The predicted molar refractivity (Wildman–Crippen MR) is 86.7 cm³/mol. The Labute approximate surface area is 127 Å². The van der Waals surface area contributed by atoms with Crippen molar-refractivity contribution in [3.8, 4) is 12.5 Å². The number of rotatable bonds is 3. The van der Waals surface area contributed by atoms with Crippen LogP contribution in [-0.2, 0) is 0 Å². The second-order valence-electron chi connectivity index (χ2n) is 5.38. The summed E-state index contributed by atoms with van der Waals surface area (Å²) >= 11 is 0. The SMILES string of the molecule is C#CN1CCN(C(c2ccccc2)c2ccccc2)CC1. The summed E-state index contributed by atoms with van der Waals surface area (Å²) < 4.78 is 0. The van der Waals surface area contributed by atoms with Crippen LogP contribution in [0.1, 0.15) is 17.2 Å². The molecule has 1 heterocycles. The van der Waals surface area contributed by atoms with E-state index in [1.54, 1.807) is 0 Å². The maximum Gasteiger partial charge on any atom is 0.0603 e. The van der Waals surface area contributed by atoms with Crippen molar-refractivity contribution in [2.24, 2.45) is 0 Å². The van der Waals surface area contributed by atoms with E-state index in [4.69, 9.17) is 6.42 Å². The summed E-state index contributed by atoms with van der Waals surface area (Å²) in [5, 5.41) is 0. The highest BCUT2D eigenvalue weighted by atomic mass is 15.3. The van der Waals surface area contributed by atoms with E-state index in [0.29, 0.717) is 6.04 Å². The topological polar surface area (TPSA) is 6.48 Å². The smallest absolute Gasteiger partial charge is 0.0603 e. The Hall–Kier alpha value is -2.24. The first kappa shape index (κ1) is 13.7. The van der Waals surface area contributed by atoms with E-state index in [-0.39, 0.29) is 0 Å². The summed E-state index contributed by atoms with van der Waals surface area (Å²) in [6, 6.07) is 24.5. The third kappa shape index (κ3) is 3.09. The highest BCUT2D eigenvalue weighted by Crippen LogP contribution is 2.29. The zero-order valence-corrected chi connectivity index (χ0v) is 12.2. The van der Waals surface area contributed by atoms with E-state index in [2.05, 4.69) is 76.5 Å². The third-order valence-electron chi connectivity index (χ3n) is 4.09. The van der Waals surface area contributed by atoms with E-state index in [1.807, 2.05) is 0 Å². The molecule has 0 spiro atoms. The summed E-state index contributed by atoms with van der Waals surface area (Å²) in [4.78, 5) is 4.59. The van der Waals surface area contributed by atoms with Gasteiger partial charge in [-0.05, 0) is 11.1 Å². The maximum atomic E-state index is 5.50. The van der Waals surface area contributed by atoms with Crippen molar-refractivity contribution in [3.05, 3.63) is 71.8 Å². The lowest BCUT2D eigenvalue weighted by atomic mass is 9.96. The molecule has 1 saturated heterocycles. The van der Waals surface area contributed by atoms with Crippen molar-refractivity contribution in [2.75, 3.05) is 26.2 Å². The average molecular weight is 276 g/mol. The average Bonchev–Trinajstić information content (AvgIpc) is 2.58. The van der Waals surface area contributed by atoms with E-state index in [9.17, 15) is 0 Å². The summed E-state index contributed by atoms with van der Waals surface area (Å²) in [6.45, 7) is 3.87. The first-order valence-electron chi connectivity index (χ1n) is 7.43. The fraction of sp³-hybridized carbons (Fsp3) is 0.263. The van der Waals surface area contributed by atoms with Gasteiger partial charge in [0.25, 0.3) is 0 Å². The van der Waals surface area contributed by atoms with Crippen molar-refractivity contribution in [1.82, 2.24) is 9.80 Å². The third-order valence-corrected chi connectivity index (χ3v) is 4.09. The predicted octanol–water partition coefficient (Wildman–Crippen LogP) is 2.98. The zero-order chi connectivity index (χ0) is 14.5. The van der Waals surface area contributed by atoms with Crippen molar-refractivity contribution in [2.45, 2.75) is 6.04 Å². The first-order chi connectivity index (χ1) is 10.4. The van der Waals surface area contributed by atoms with Gasteiger partial charge in [0, 0.05) is 32.2 Å². The molecule has 2 nitrogen and oxygen atoms in total. The Morgan fingerprint density at radius 1 is 0.762 bits per heavy atom. The molecule has 3 rings (SSSR count). The van der Waals surface area contributed by atoms with Crippen LogP contribution in [0.25, 0.3) is 0 Å². The second kappa shape index (κ2) is 6.47. The minimum Gasteiger partial charge on any atom is -0.330 e. The van der Waals surface area contributed by atoms with Crippen molar-refractivity contribution >= 4 is 0 Å². The van der Waals surface area contributed by atoms with Gasteiger partial charge in [0.1, 0.15) is 0 Å². The van der Waals surface area contributed by atoms with Crippen LogP contribution in [0.3, 0.4) is 0 Å². The molecule has 0 unspecified atom stereocenters. The van der Waals surface area contributed by atoms with Gasteiger partial charge >= 0.3 is 0 Å². The molecule has 2 aromatic rings. The van der Waals surface area contributed by atoms with Crippen LogP contribution in [0.5, 0.6) is 0 Å². The van der Waals surface area contributed by atoms with Gasteiger partial charge in [0.05, 0.1) is 6.04 Å². The number of piperazine rings is 1. The van der Waals surface area contributed by atoms with E-state index in [0.717, 1.165) is 26.2 Å². The minimum atomic E-state index is 0.312. The zero-order valence-electron chi connectivity index (χ0n) is 12.2. The Morgan fingerprint density at radius 3 is 1.67 bits per heavy atom. The summed E-state index contributed by atoms with van der Waals surface area (Å²) in [6.07, 6.45) is 5.50. The fourth-order valence-corrected chi connectivity index (χ4v) is 2.99. The van der Waals surface area contributed by atoms with Crippen LogP contribution in [0.15, 0.2) is 60.7 Å². The van der Waals surface area contributed by atoms with Crippen molar-refractivity contribution in [3.63, 3.8) is 0 Å². The molecule has 21 heavy (non-hydrogen) atoms. The number of nitrogens with zero attached hydrogens (tertiary/aromatic N) is 2. The quantitative estimate of drug-likeness (QED) is 0.795. The molecular weight excluding hydrogens is 256 g/mol. The molecule has 0 amide bonds. The van der Waals surface area contributed by atoms with Crippen molar-refractivity contribution < 1.29 is 0 Å². The van der Waals surface area contributed by atoms with Gasteiger partial charge in [-0.3, -0.25) is 4.90 Å². The maximum absolute atomic E-state index is 5.50. The largest absolute Gasteiger partial charge is 0.330 e. The van der Waals surface area contributed by atoms with E-state index >= 15 is 0 Å². The van der Waals surface area contributed by atoms with Gasteiger partial charge in [0.2, 0.25) is 0 Å². The Morgan fingerprint density at radius 2 is 1.24 bits per heavy atom. The van der Waals surface area contributed by atoms with Crippen LogP contribution < -0.4 is 0 Å². The van der Waals surface area contributed by atoms with Gasteiger partial charge in [-0.2, -0.15) is 0 Å². The standard InChI is InChI=1S/C19H20N2/c1-2-20-13-15-21(16-14-20)19(17-9-5-3-6-10-17)18-11-7-4-8-12-18/h1,3-12,19H,13-16H2. The molecule has 0 aromatic heterocycles. The highest BCUT2D eigenvalue weighted by molar-refractivity contribution is 5.32. The van der Waals surface area contributed by atoms with Crippen LogP contribution >= 0.6 is 0 Å². The fourth-order valence-electron chi connectivity index (χ4n) is 2.99. The molecule has 0 bridgehead atoms. The Kier molecular flexibility index (Phi) is 4.23. The molecule has 0 atom stereocenters. The molecule has 0 N–H and O–H groups in total. The minimum absolute atomic E-state index is 0.312. The molecule has 2 aromatic carbocycles. The highest BCUT2D eigenvalue weighted by Gasteiger charge is 2.25. The molecule has 1 fully saturated rings. The molecule has 1 aliphatic heterocycles. The molecule has 0 radical (unpaired) electrons. The summed E-state index contributed by atoms with van der Waals surface area (Å²) in [5.74, 6) is 0. The number of hydrogen-bond acceptors (Lipinski definition) is 2. The number of benzene rings is 2. The number of hydrogen-bond donors (Lipinski definition) is 0. The number of terminal acetylenes is 1. The van der Waals surface area contributed by atoms with E-state index < -0.39 is 0 Å². The lowest BCUT2D eigenvalue weighted by molar-refractivity contribution is 0.145. The summed E-state index contributed by atoms with van der Waals surface area (Å²) in [7, 11) is 0. The second-order valence-corrected chi connectivity index (χ2v) is 5.38. The molecule has 0 aliphatic carbocycles. The van der Waals surface area contributed by atoms with Crippen LogP contribution in [-0.4, -0.2) is 36.0 Å². The molecule has 0 saturated carbocycles. The van der Waals surface area contributed by atoms with E-state index in [1.165, 1.54) is 11.1 Å². The molecule has 1 aliphatic rings. The van der Waals surface area contributed by atoms with Crippen LogP contribution in [0.4, 0.5) is 0 Å². The first-order valence-corrected chi connectivity index (χ1v) is 7.43. The summed E-state index contributed by atoms with van der Waals surface area (Å²) in [5.41, 5.74) is 2.69. The monoisotopic (exact) mass is 276 g/mol. The lowest BCUT2D eigenvalue weighted by Crippen LogP contribution is -2.46. The lowest BCUT2D eigenvalue weighted by Gasteiger charge is -2.38. The molecule has 106 valence electrons. The Bertz CT molecular complexity index is 553. The molecular formula is C19H20N2. The van der Waals surface area contributed by atoms with Gasteiger partial charge in [-0.25, -0.2) is 0 Å². The van der Waals surface area contributed by atoms with Crippen molar-refractivity contribution in [1.29, 1.82) is 0 Å². The van der Waals surface area contributed by atoms with Crippen LogP contribution in [0, 0.1) is 12.5 Å². The van der Waals surface area contributed by atoms with Gasteiger partial charge in [-0.15, -0.1) is 0 Å². The van der Waals surface area contributed by atoms with Gasteiger partial charge in [0.15, 0.2) is 0 Å². The van der Waals surface area contributed by atoms with Gasteiger partial charge < -0.3 is 4.90 Å². The Balaban J connectivity index is 1.89. The molecule has 2 heteroatoms. The van der Waals surface area contributed by atoms with Crippen LogP contribution in [0.2, 0.25) is 0 Å².